The SMILES string of the molecule is O=S(=O)(O)CCCNC(=S)NCCCS(=O)(=O)O. The molecule has 0 aliphatic carbocycles. The van der Waals surface area contributed by atoms with Crippen LogP contribution in [0.4, 0.5) is 0 Å². The van der Waals surface area contributed by atoms with Gasteiger partial charge in [0.2, 0.25) is 0 Å². The Kier molecular flexibility index (Phi) is 7.62. The molecule has 0 aromatic rings. The molecule has 0 bridgehead atoms. The molecule has 0 aliphatic rings. The first kappa shape index (κ1) is 17.5. The molecule has 0 spiro atoms. The van der Waals surface area contributed by atoms with Crippen molar-refractivity contribution in [2.75, 3.05) is 24.6 Å². The van der Waals surface area contributed by atoms with E-state index in [0.29, 0.717) is 0 Å². The first-order valence-corrected chi connectivity index (χ1v) is 8.65. The molecule has 0 heterocycles. The Balaban J connectivity index is 3.55. The molecule has 0 atom stereocenters. The van der Waals surface area contributed by atoms with E-state index in [4.69, 9.17) is 21.3 Å². The van der Waals surface area contributed by atoms with Crippen molar-refractivity contribution in [1.29, 1.82) is 0 Å². The van der Waals surface area contributed by atoms with Crippen LogP contribution >= 0.6 is 12.2 Å². The van der Waals surface area contributed by atoms with Crippen LogP contribution in [0.5, 0.6) is 0 Å². The third kappa shape index (κ3) is 13.6. The van der Waals surface area contributed by atoms with E-state index in [1.807, 2.05) is 0 Å². The van der Waals surface area contributed by atoms with Gasteiger partial charge in [0.25, 0.3) is 20.2 Å². The molecule has 0 radical (unpaired) electrons. The van der Waals surface area contributed by atoms with Crippen LogP contribution in [0, 0.1) is 0 Å². The summed E-state index contributed by atoms with van der Waals surface area (Å²) in [5, 5.41) is 5.62. The third-order valence-electron chi connectivity index (χ3n) is 1.73. The van der Waals surface area contributed by atoms with Gasteiger partial charge in [-0.3, -0.25) is 9.11 Å². The van der Waals surface area contributed by atoms with Gasteiger partial charge in [0.1, 0.15) is 0 Å². The first-order valence-electron chi connectivity index (χ1n) is 5.02. The Labute approximate surface area is 112 Å². The van der Waals surface area contributed by atoms with Crippen LogP contribution in [0.3, 0.4) is 0 Å². The summed E-state index contributed by atoms with van der Waals surface area (Å²) in [4.78, 5) is 0. The van der Waals surface area contributed by atoms with E-state index in [9.17, 15) is 16.8 Å². The highest BCUT2D eigenvalue weighted by atomic mass is 32.2. The van der Waals surface area contributed by atoms with Crippen molar-refractivity contribution in [1.82, 2.24) is 10.6 Å². The molecule has 108 valence electrons. The highest BCUT2D eigenvalue weighted by Gasteiger charge is 2.05. The van der Waals surface area contributed by atoms with Gasteiger partial charge in [0, 0.05) is 13.1 Å². The van der Waals surface area contributed by atoms with Gasteiger partial charge in [-0.05, 0) is 25.1 Å². The zero-order valence-corrected chi connectivity index (χ0v) is 11.9. The zero-order valence-electron chi connectivity index (χ0n) is 9.49. The fourth-order valence-corrected chi connectivity index (χ4v) is 2.20. The van der Waals surface area contributed by atoms with Crippen LogP contribution in [-0.2, 0) is 20.2 Å². The van der Waals surface area contributed by atoms with Gasteiger partial charge in [-0.25, -0.2) is 0 Å². The maximum absolute atomic E-state index is 10.4. The summed E-state index contributed by atoms with van der Waals surface area (Å²) in [5.41, 5.74) is 0. The number of nitrogens with one attached hydrogen (secondary N) is 2. The molecule has 0 aromatic heterocycles. The predicted octanol–water partition coefficient (Wildman–Crippen LogP) is -0.994. The molecule has 0 fully saturated rings. The van der Waals surface area contributed by atoms with Gasteiger partial charge >= 0.3 is 0 Å². The van der Waals surface area contributed by atoms with E-state index in [2.05, 4.69) is 10.6 Å². The van der Waals surface area contributed by atoms with Gasteiger partial charge in [-0.1, -0.05) is 0 Å². The van der Waals surface area contributed by atoms with Crippen molar-refractivity contribution < 1.29 is 25.9 Å². The van der Waals surface area contributed by atoms with E-state index in [1.165, 1.54) is 0 Å². The number of thiocarbonyl (C=S) groups is 1. The van der Waals surface area contributed by atoms with Crippen molar-refractivity contribution in [3.63, 3.8) is 0 Å². The molecule has 0 rings (SSSR count). The summed E-state index contributed by atoms with van der Waals surface area (Å²) in [6.45, 7) is 0.536. The van der Waals surface area contributed by atoms with Crippen LogP contribution in [0.25, 0.3) is 0 Å². The molecule has 0 aliphatic heterocycles. The summed E-state index contributed by atoms with van der Waals surface area (Å²) < 4.78 is 58.4. The van der Waals surface area contributed by atoms with E-state index < -0.39 is 20.2 Å². The summed E-state index contributed by atoms with van der Waals surface area (Å²) in [6.07, 6.45) is 0.400. The summed E-state index contributed by atoms with van der Waals surface area (Å²) in [5.74, 6) is -0.712. The normalized spacial score (nSPS) is 12.1. The van der Waals surface area contributed by atoms with Gasteiger partial charge in [0.05, 0.1) is 11.5 Å². The van der Waals surface area contributed by atoms with Crippen molar-refractivity contribution in [2.24, 2.45) is 0 Å². The van der Waals surface area contributed by atoms with E-state index in [0.717, 1.165) is 0 Å². The standard InChI is InChI=1S/C7H16N2O6S3/c10-17(11,12)5-1-3-8-7(16)9-4-2-6-18(13,14)15/h1-6H2,(H2,8,9,16)(H,10,11,12)(H,13,14,15). The van der Waals surface area contributed by atoms with Gasteiger partial charge in [-0.2, -0.15) is 16.8 Å². The quantitative estimate of drug-likeness (QED) is 0.252. The Morgan fingerprint density at radius 1 is 0.889 bits per heavy atom. The molecule has 0 saturated carbocycles. The van der Waals surface area contributed by atoms with Crippen LogP contribution in [0.2, 0.25) is 0 Å². The Morgan fingerprint density at radius 2 is 1.22 bits per heavy atom. The molecule has 0 aromatic carbocycles. The second-order valence-electron chi connectivity index (χ2n) is 3.46. The average molecular weight is 320 g/mol. The molecule has 0 unspecified atom stereocenters. The Morgan fingerprint density at radius 3 is 1.50 bits per heavy atom. The minimum Gasteiger partial charge on any atom is -0.363 e. The minimum atomic E-state index is -3.96. The maximum Gasteiger partial charge on any atom is 0.264 e. The molecule has 18 heavy (non-hydrogen) atoms. The lowest BCUT2D eigenvalue weighted by Gasteiger charge is -2.09. The third-order valence-corrected chi connectivity index (χ3v) is 3.63. The zero-order chi connectivity index (χ0) is 14.2. The van der Waals surface area contributed by atoms with Crippen LogP contribution in [0.1, 0.15) is 12.8 Å². The second-order valence-corrected chi connectivity index (χ2v) is 7.01. The molecule has 0 saturated heterocycles. The summed E-state index contributed by atoms with van der Waals surface area (Å²) >= 11 is 4.82. The maximum atomic E-state index is 10.4. The highest BCUT2D eigenvalue weighted by Crippen LogP contribution is 1.88. The molecule has 0 amide bonds. The number of hydrogen-bond acceptors (Lipinski definition) is 5. The predicted molar refractivity (Wildman–Crippen MR) is 70.7 cm³/mol. The summed E-state index contributed by atoms with van der Waals surface area (Å²) in [6, 6.07) is 0. The Bertz CT molecular complexity index is 416. The molecule has 11 heteroatoms. The van der Waals surface area contributed by atoms with Gasteiger partial charge in [-0.15, -0.1) is 0 Å². The largest absolute Gasteiger partial charge is 0.363 e. The number of hydrogen-bond donors (Lipinski definition) is 4. The fourth-order valence-electron chi connectivity index (χ4n) is 0.975. The van der Waals surface area contributed by atoms with Gasteiger partial charge < -0.3 is 10.6 Å². The van der Waals surface area contributed by atoms with E-state index >= 15 is 0 Å². The molecule has 4 N–H and O–H groups in total. The monoisotopic (exact) mass is 320 g/mol. The van der Waals surface area contributed by atoms with Crippen LogP contribution in [0.15, 0.2) is 0 Å². The van der Waals surface area contributed by atoms with Crippen molar-refractivity contribution in [2.45, 2.75) is 12.8 Å². The first-order chi connectivity index (χ1) is 8.10. The topological polar surface area (TPSA) is 133 Å². The van der Waals surface area contributed by atoms with Gasteiger partial charge in [0.15, 0.2) is 5.11 Å². The molecular formula is C7H16N2O6S3. The van der Waals surface area contributed by atoms with Crippen LogP contribution in [-0.4, -0.2) is 55.6 Å². The number of rotatable bonds is 8. The highest BCUT2D eigenvalue weighted by molar-refractivity contribution is 7.86. The smallest absolute Gasteiger partial charge is 0.264 e. The summed E-state index contributed by atoms with van der Waals surface area (Å²) in [7, 11) is -7.91. The average Bonchev–Trinajstić information content (AvgIpc) is 2.17. The molecule has 8 nitrogen and oxygen atoms in total. The van der Waals surface area contributed by atoms with E-state index in [-0.39, 0.29) is 42.5 Å². The lowest BCUT2D eigenvalue weighted by atomic mass is 10.5. The van der Waals surface area contributed by atoms with Crippen molar-refractivity contribution >= 4 is 37.6 Å². The molecular weight excluding hydrogens is 304 g/mol. The lowest BCUT2D eigenvalue weighted by Crippen LogP contribution is -2.37. The van der Waals surface area contributed by atoms with Crippen molar-refractivity contribution in [3.05, 3.63) is 0 Å². The van der Waals surface area contributed by atoms with E-state index in [1.54, 1.807) is 0 Å². The second kappa shape index (κ2) is 7.84. The van der Waals surface area contributed by atoms with Crippen LogP contribution < -0.4 is 10.6 Å². The fraction of sp³-hybridized carbons (Fsp3) is 0.857. The minimum absolute atomic E-state index is 0.200. The van der Waals surface area contributed by atoms with Crippen molar-refractivity contribution in [3.8, 4) is 0 Å². The lowest BCUT2D eigenvalue weighted by molar-refractivity contribution is 0.479. The Hall–Kier alpha value is -0.490.